The van der Waals surface area contributed by atoms with E-state index in [0.29, 0.717) is 63.7 Å². The number of aromatic amines is 1. The Labute approximate surface area is 336 Å². The van der Waals surface area contributed by atoms with Gasteiger partial charge >= 0.3 is 0 Å². The minimum atomic E-state index is -0.487. The first-order valence-electron chi connectivity index (χ1n) is 19.4. The second-order valence-corrected chi connectivity index (χ2v) is 14.7. The summed E-state index contributed by atoms with van der Waals surface area (Å²) in [6.45, 7) is 5.72. The highest BCUT2D eigenvalue weighted by atomic mass is 16.5. The number of para-hydroxylation sites is 1. The van der Waals surface area contributed by atoms with Gasteiger partial charge < -0.3 is 34.5 Å². The molecule has 0 bridgehead atoms. The first-order valence-corrected chi connectivity index (χ1v) is 19.4. The van der Waals surface area contributed by atoms with Gasteiger partial charge in [-0.1, -0.05) is 24.3 Å². The highest BCUT2D eigenvalue weighted by Gasteiger charge is 2.35. The van der Waals surface area contributed by atoms with Crippen LogP contribution in [0.3, 0.4) is 0 Å². The number of ether oxygens (including phenoxy) is 2. The molecule has 0 atom stereocenters. The summed E-state index contributed by atoms with van der Waals surface area (Å²) in [5, 5.41) is 2.90. The predicted octanol–water partition coefficient (Wildman–Crippen LogP) is 5.92. The van der Waals surface area contributed by atoms with E-state index in [1.807, 2.05) is 30.0 Å². The molecule has 0 unspecified atom stereocenters. The number of carbonyl (C=O) groups is 5. The molecule has 7 rings (SSSR count). The van der Waals surface area contributed by atoms with Crippen LogP contribution in [0.15, 0.2) is 78.9 Å². The van der Waals surface area contributed by atoms with Gasteiger partial charge in [0.15, 0.2) is 0 Å². The number of nitrogens with zero attached hydrogens (tertiary/aromatic N) is 5. The number of likely N-dealkylation sites (N-methyl/N-ethyl adjacent to an activating group) is 1. The minimum Gasteiger partial charge on any atom is -0.496 e. The number of fused-ring (bicyclic) bond motifs is 2. The smallest absolute Gasteiger partial charge is 0.261 e. The Morgan fingerprint density at radius 3 is 2.33 bits per heavy atom. The molecule has 0 saturated carbocycles. The Hall–Kier alpha value is -6.54. The number of hydrogen-bond acceptors (Lipinski definition) is 9. The third kappa shape index (κ3) is 8.42. The molecule has 2 N–H and O–H groups in total. The maximum Gasteiger partial charge on any atom is 0.261 e. The van der Waals surface area contributed by atoms with Crippen molar-refractivity contribution < 1.29 is 33.4 Å². The second kappa shape index (κ2) is 17.3. The third-order valence-electron chi connectivity index (χ3n) is 10.6. The zero-order chi connectivity index (χ0) is 40.9. The van der Waals surface area contributed by atoms with Gasteiger partial charge in [-0.2, -0.15) is 0 Å². The number of imidazole rings is 1. The summed E-state index contributed by atoms with van der Waals surface area (Å²) in [7, 11) is 5.17. The van der Waals surface area contributed by atoms with Crippen molar-refractivity contribution in [3.05, 3.63) is 113 Å². The summed E-state index contributed by atoms with van der Waals surface area (Å²) in [5.41, 5.74) is 4.24. The van der Waals surface area contributed by atoms with Crippen molar-refractivity contribution in [2.45, 2.75) is 39.2 Å². The molecule has 1 aromatic heterocycles. The highest BCUT2D eigenvalue weighted by molar-refractivity contribution is 6.21. The number of H-pyrrole nitrogens is 1. The molecular formula is C44H47N7O7. The number of amides is 5. The molecule has 3 heterocycles. The van der Waals surface area contributed by atoms with E-state index in [-0.39, 0.29) is 29.7 Å². The second-order valence-electron chi connectivity index (χ2n) is 14.7. The van der Waals surface area contributed by atoms with Crippen molar-refractivity contribution in [3.63, 3.8) is 0 Å². The quantitative estimate of drug-likeness (QED) is 0.103. The number of nitrogens with one attached hydrogen (secondary N) is 2. The molecule has 2 aliphatic heterocycles. The molecular weight excluding hydrogens is 739 g/mol. The predicted molar refractivity (Wildman–Crippen MR) is 220 cm³/mol. The molecule has 14 nitrogen and oxygen atoms in total. The maximum atomic E-state index is 13.8. The summed E-state index contributed by atoms with van der Waals surface area (Å²) in [6.07, 6.45) is 2.95. The van der Waals surface area contributed by atoms with Crippen LogP contribution in [-0.2, 0) is 11.3 Å². The average Bonchev–Trinajstić information content (AvgIpc) is 3.76. The van der Waals surface area contributed by atoms with Gasteiger partial charge in [0.25, 0.3) is 23.6 Å². The summed E-state index contributed by atoms with van der Waals surface area (Å²) in [4.78, 5) is 80.6. The molecule has 0 spiro atoms. The molecule has 1 saturated heterocycles. The number of methoxy groups -OCH3 is 1. The van der Waals surface area contributed by atoms with E-state index in [1.54, 1.807) is 55.6 Å². The fourth-order valence-electron chi connectivity index (χ4n) is 7.26. The SMILES string of the molecule is COc1cc(C(=O)N(C)c2ccc(C)cc2OCCCCCC(=O)N2CCN(C)CC2)ccc1C(=O)Nc1cccc2[nH]c(CN3C(=O)c4ccccc4C3=O)nc12. The lowest BCUT2D eigenvalue weighted by Crippen LogP contribution is -2.47. The van der Waals surface area contributed by atoms with Crippen LogP contribution >= 0.6 is 0 Å². The zero-order valence-corrected chi connectivity index (χ0v) is 33.2. The van der Waals surface area contributed by atoms with Gasteiger partial charge in [0.05, 0.1) is 53.8 Å². The van der Waals surface area contributed by atoms with Crippen molar-refractivity contribution in [2.75, 3.05) is 64.2 Å². The average molecular weight is 786 g/mol. The van der Waals surface area contributed by atoms with Gasteiger partial charge in [0.1, 0.15) is 22.8 Å². The van der Waals surface area contributed by atoms with Gasteiger partial charge in [-0.3, -0.25) is 28.9 Å². The maximum absolute atomic E-state index is 13.8. The Bertz CT molecular complexity index is 2350. The van der Waals surface area contributed by atoms with Gasteiger partial charge in [-0.05, 0) is 93.4 Å². The topological polar surface area (TPSA) is 157 Å². The first-order chi connectivity index (χ1) is 28.0. The number of aryl methyl sites for hydroxylation is 1. The van der Waals surface area contributed by atoms with Crippen LogP contribution in [0, 0.1) is 6.92 Å². The normalized spacial score (nSPS) is 14.1. The van der Waals surface area contributed by atoms with Crippen molar-refractivity contribution in [3.8, 4) is 11.5 Å². The Balaban J connectivity index is 0.976. The molecule has 5 aromatic rings. The monoisotopic (exact) mass is 785 g/mol. The molecule has 300 valence electrons. The number of anilines is 2. The number of hydrogen-bond donors (Lipinski definition) is 2. The summed E-state index contributed by atoms with van der Waals surface area (Å²) >= 11 is 0. The Kier molecular flexibility index (Phi) is 11.8. The molecule has 4 aromatic carbocycles. The molecule has 0 radical (unpaired) electrons. The van der Waals surface area contributed by atoms with E-state index in [1.165, 1.54) is 24.1 Å². The van der Waals surface area contributed by atoms with Crippen LogP contribution in [0.1, 0.15) is 78.5 Å². The fourth-order valence-corrected chi connectivity index (χ4v) is 7.26. The van der Waals surface area contributed by atoms with Crippen molar-refractivity contribution in [1.82, 2.24) is 24.7 Å². The third-order valence-corrected chi connectivity index (χ3v) is 10.6. The Morgan fingerprint density at radius 1 is 0.862 bits per heavy atom. The standard InChI is InChI=1S/C44H47N7O7/c1-28-16-19-35(37(25-28)58-24-9-5-6-15-39(52)50-22-20-48(2)21-23-50)49(3)42(54)29-17-18-32(36(26-29)57-4)41(53)46-34-14-10-13-33-40(34)47-38(45-33)27-51-43(55)30-11-7-8-12-31(30)44(51)56/h7-8,10-14,16-19,25-26H,5-6,9,15,20-24,27H2,1-4H3,(H,45,47)(H,46,53). The lowest BCUT2D eigenvalue weighted by atomic mass is 10.1. The van der Waals surface area contributed by atoms with Crippen molar-refractivity contribution in [2.24, 2.45) is 0 Å². The first kappa shape index (κ1) is 39.7. The number of imide groups is 1. The highest BCUT2D eigenvalue weighted by Crippen LogP contribution is 2.32. The lowest BCUT2D eigenvalue weighted by Gasteiger charge is -2.32. The number of aromatic nitrogens is 2. The summed E-state index contributed by atoms with van der Waals surface area (Å²) in [5.74, 6) is -0.236. The van der Waals surface area contributed by atoms with E-state index in [2.05, 4.69) is 27.2 Å². The number of carbonyl (C=O) groups excluding carboxylic acids is 5. The molecule has 14 heteroatoms. The van der Waals surface area contributed by atoms with Crippen molar-refractivity contribution >= 4 is 51.9 Å². The fraction of sp³-hybridized carbons (Fsp3) is 0.318. The van der Waals surface area contributed by atoms with Crippen LogP contribution in [-0.4, -0.2) is 108 Å². The van der Waals surface area contributed by atoms with Gasteiger partial charge in [-0.15, -0.1) is 0 Å². The van der Waals surface area contributed by atoms with Crippen molar-refractivity contribution in [1.29, 1.82) is 0 Å². The van der Waals surface area contributed by atoms with Gasteiger partial charge in [-0.25, -0.2) is 4.98 Å². The van der Waals surface area contributed by atoms with Gasteiger partial charge in [0, 0.05) is 45.2 Å². The largest absolute Gasteiger partial charge is 0.496 e. The Morgan fingerprint density at radius 2 is 1.60 bits per heavy atom. The zero-order valence-electron chi connectivity index (χ0n) is 33.2. The number of rotatable bonds is 14. The minimum absolute atomic E-state index is 0.0663. The number of unbranched alkanes of at least 4 members (excludes halogenated alkanes) is 2. The number of benzene rings is 4. The van der Waals surface area contributed by atoms with Crippen LogP contribution in [0.25, 0.3) is 11.0 Å². The number of piperazine rings is 1. The van der Waals surface area contributed by atoms with E-state index in [9.17, 15) is 24.0 Å². The van der Waals surface area contributed by atoms with E-state index < -0.39 is 17.7 Å². The summed E-state index contributed by atoms with van der Waals surface area (Å²) in [6, 6.07) is 22.2. The van der Waals surface area contributed by atoms with Crippen LogP contribution in [0.5, 0.6) is 11.5 Å². The van der Waals surface area contributed by atoms with Crippen LogP contribution in [0.2, 0.25) is 0 Å². The van der Waals surface area contributed by atoms with E-state index in [0.717, 1.165) is 55.9 Å². The molecule has 1 fully saturated rings. The molecule has 5 amide bonds. The molecule has 0 aliphatic carbocycles. The van der Waals surface area contributed by atoms with Gasteiger partial charge in [0.2, 0.25) is 5.91 Å². The van der Waals surface area contributed by atoms with E-state index in [4.69, 9.17) is 9.47 Å². The molecule has 58 heavy (non-hydrogen) atoms. The van der Waals surface area contributed by atoms with Crippen LogP contribution < -0.4 is 19.7 Å². The summed E-state index contributed by atoms with van der Waals surface area (Å²) < 4.78 is 11.8. The lowest BCUT2D eigenvalue weighted by molar-refractivity contribution is -0.132. The van der Waals surface area contributed by atoms with E-state index >= 15 is 0 Å². The van der Waals surface area contributed by atoms with Crippen LogP contribution in [0.4, 0.5) is 11.4 Å². The molecule has 2 aliphatic rings.